The lowest BCUT2D eigenvalue weighted by Gasteiger charge is -2.24. The Morgan fingerprint density at radius 1 is 1.32 bits per heavy atom. The highest BCUT2D eigenvalue weighted by Crippen LogP contribution is 2.09. The Morgan fingerprint density at radius 2 is 2.16 bits per heavy atom. The van der Waals surface area contributed by atoms with Crippen LogP contribution in [0.5, 0.6) is 5.75 Å². The average molecular weight is 262 g/mol. The van der Waals surface area contributed by atoms with E-state index >= 15 is 0 Å². The van der Waals surface area contributed by atoms with Crippen LogP contribution in [-0.2, 0) is 0 Å². The van der Waals surface area contributed by atoms with Gasteiger partial charge in [-0.1, -0.05) is 25.1 Å². The Hall–Kier alpha value is -1.06. The fourth-order valence-corrected chi connectivity index (χ4v) is 2.60. The van der Waals surface area contributed by atoms with Crippen molar-refractivity contribution < 1.29 is 4.74 Å². The van der Waals surface area contributed by atoms with Gasteiger partial charge in [0.1, 0.15) is 5.75 Å². The van der Waals surface area contributed by atoms with E-state index in [0.717, 1.165) is 31.9 Å². The number of ether oxygens (including phenoxy) is 1. The highest BCUT2D eigenvalue weighted by atomic mass is 16.5. The summed E-state index contributed by atoms with van der Waals surface area (Å²) >= 11 is 0. The number of para-hydroxylation sites is 1. The maximum Gasteiger partial charge on any atom is 0.119 e. The second kappa shape index (κ2) is 8.18. The van der Waals surface area contributed by atoms with Crippen LogP contribution in [0.3, 0.4) is 0 Å². The normalized spacial score (nSPS) is 18.9. The first-order chi connectivity index (χ1) is 9.38. The maximum absolute atomic E-state index is 5.73. The molecular weight excluding hydrogens is 236 g/mol. The number of likely N-dealkylation sites (N-methyl/N-ethyl adjacent to an activating group) is 1. The largest absolute Gasteiger partial charge is 0.494 e. The van der Waals surface area contributed by atoms with Gasteiger partial charge in [-0.2, -0.15) is 0 Å². The van der Waals surface area contributed by atoms with Gasteiger partial charge >= 0.3 is 0 Å². The maximum atomic E-state index is 5.73. The Morgan fingerprint density at radius 3 is 2.84 bits per heavy atom. The number of nitrogens with zero attached hydrogens (tertiary/aromatic N) is 1. The van der Waals surface area contributed by atoms with Crippen molar-refractivity contribution in [3.05, 3.63) is 30.3 Å². The molecular formula is C16H26N2O. The van der Waals surface area contributed by atoms with Gasteiger partial charge in [-0.15, -0.1) is 0 Å². The summed E-state index contributed by atoms with van der Waals surface area (Å²) in [5.74, 6) is 0.975. The van der Waals surface area contributed by atoms with E-state index in [1.165, 1.54) is 25.9 Å². The quantitative estimate of drug-likeness (QED) is 0.729. The van der Waals surface area contributed by atoms with Crippen molar-refractivity contribution in [2.45, 2.75) is 32.2 Å². The number of nitrogens with one attached hydrogen (secondary N) is 1. The van der Waals surface area contributed by atoms with Crippen LogP contribution < -0.4 is 10.1 Å². The number of rotatable bonds is 8. The van der Waals surface area contributed by atoms with Crippen LogP contribution in [0.15, 0.2) is 30.3 Å². The van der Waals surface area contributed by atoms with Gasteiger partial charge in [0.15, 0.2) is 0 Å². The topological polar surface area (TPSA) is 24.5 Å². The molecule has 0 spiro atoms. The summed E-state index contributed by atoms with van der Waals surface area (Å²) in [5.41, 5.74) is 0. The van der Waals surface area contributed by atoms with Gasteiger partial charge in [0.2, 0.25) is 0 Å². The summed E-state index contributed by atoms with van der Waals surface area (Å²) < 4.78 is 5.73. The van der Waals surface area contributed by atoms with Crippen molar-refractivity contribution in [3.63, 3.8) is 0 Å². The van der Waals surface area contributed by atoms with Crippen LogP contribution in [0.1, 0.15) is 26.2 Å². The van der Waals surface area contributed by atoms with Crippen LogP contribution in [-0.4, -0.2) is 43.7 Å². The van der Waals surface area contributed by atoms with Gasteiger partial charge in [0, 0.05) is 19.1 Å². The van der Waals surface area contributed by atoms with Gasteiger partial charge in [0.05, 0.1) is 6.61 Å². The van der Waals surface area contributed by atoms with Crippen LogP contribution >= 0.6 is 0 Å². The number of hydrogen-bond donors (Lipinski definition) is 1. The van der Waals surface area contributed by atoms with Gasteiger partial charge < -0.3 is 15.0 Å². The molecule has 3 nitrogen and oxygen atoms in total. The van der Waals surface area contributed by atoms with E-state index in [2.05, 4.69) is 17.1 Å². The molecule has 1 heterocycles. The van der Waals surface area contributed by atoms with Crippen LogP contribution in [0.2, 0.25) is 0 Å². The van der Waals surface area contributed by atoms with Crippen LogP contribution in [0.25, 0.3) is 0 Å². The molecule has 0 aromatic heterocycles. The van der Waals surface area contributed by atoms with E-state index in [0.29, 0.717) is 6.04 Å². The molecule has 0 amide bonds. The molecule has 106 valence electrons. The first-order valence-corrected chi connectivity index (χ1v) is 7.52. The first kappa shape index (κ1) is 14.4. The van der Waals surface area contributed by atoms with E-state index in [-0.39, 0.29) is 0 Å². The van der Waals surface area contributed by atoms with E-state index in [1.807, 2.05) is 30.3 Å². The van der Waals surface area contributed by atoms with E-state index in [9.17, 15) is 0 Å². The molecule has 1 aliphatic rings. The SMILES string of the molecule is CCN(CCCOc1ccccc1)CC1CCCN1. The minimum atomic E-state index is 0.704. The standard InChI is InChI=1S/C16H26N2O/c1-2-18(14-15-8-6-11-17-15)12-7-13-19-16-9-4-3-5-10-16/h3-5,9-10,15,17H,2,6-8,11-14H2,1H3. The van der Waals surface area contributed by atoms with E-state index in [1.54, 1.807) is 0 Å². The lowest BCUT2D eigenvalue weighted by atomic mass is 10.2. The first-order valence-electron chi connectivity index (χ1n) is 7.52. The molecule has 3 heteroatoms. The summed E-state index contributed by atoms with van der Waals surface area (Å²) in [6.45, 7) is 7.68. The molecule has 1 saturated heterocycles. The highest BCUT2D eigenvalue weighted by Gasteiger charge is 2.16. The third kappa shape index (κ3) is 5.21. The predicted molar refractivity (Wildman–Crippen MR) is 79.7 cm³/mol. The van der Waals surface area contributed by atoms with Crippen molar-refractivity contribution in [2.75, 3.05) is 32.8 Å². The molecule has 1 aromatic carbocycles. The van der Waals surface area contributed by atoms with E-state index < -0.39 is 0 Å². The second-order valence-corrected chi connectivity index (χ2v) is 5.20. The summed E-state index contributed by atoms with van der Waals surface area (Å²) in [4.78, 5) is 2.53. The monoisotopic (exact) mass is 262 g/mol. The van der Waals surface area contributed by atoms with E-state index in [4.69, 9.17) is 4.74 Å². The summed E-state index contributed by atoms with van der Waals surface area (Å²) in [7, 11) is 0. The van der Waals surface area contributed by atoms with Crippen molar-refractivity contribution >= 4 is 0 Å². The van der Waals surface area contributed by atoms with Crippen molar-refractivity contribution in [1.29, 1.82) is 0 Å². The molecule has 1 atom stereocenters. The molecule has 0 saturated carbocycles. The third-order valence-electron chi connectivity index (χ3n) is 3.72. The predicted octanol–water partition coefficient (Wildman–Crippen LogP) is 2.53. The summed E-state index contributed by atoms with van der Waals surface area (Å²) in [6, 6.07) is 10.8. The average Bonchev–Trinajstić information content (AvgIpc) is 2.96. The fraction of sp³-hybridized carbons (Fsp3) is 0.625. The molecule has 1 fully saturated rings. The molecule has 1 aromatic rings. The molecule has 1 unspecified atom stereocenters. The van der Waals surface area contributed by atoms with Crippen LogP contribution in [0, 0.1) is 0 Å². The minimum absolute atomic E-state index is 0.704. The molecule has 0 bridgehead atoms. The highest BCUT2D eigenvalue weighted by molar-refractivity contribution is 5.20. The number of hydrogen-bond acceptors (Lipinski definition) is 3. The Bertz CT molecular complexity index is 336. The number of benzene rings is 1. The summed E-state index contributed by atoms with van der Waals surface area (Å²) in [6.07, 6.45) is 3.76. The van der Waals surface area contributed by atoms with Crippen molar-refractivity contribution in [2.24, 2.45) is 0 Å². The van der Waals surface area contributed by atoms with Crippen molar-refractivity contribution in [3.8, 4) is 5.75 Å². The van der Waals surface area contributed by atoms with Gasteiger partial charge in [-0.25, -0.2) is 0 Å². The fourth-order valence-electron chi connectivity index (χ4n) is 2.60. The molecule has 2 rings (SSSR count). The molecule has 19 heavy (non-hydrogen) atoms. The molecule has 1 N–H and O–H groups in total. The lowest BCUT2D eigenvalue weighted by molar-refractivity contribution is 0.227. The minimum Gasteiger partial charge on any atom is -0.494 e. The molecule has 0 radical (unpaired) electrons. The zero-order valence-corrected chi connectivity index (χ0v) is 12.0. The van der Waals surface area contributed by atoms with Gasteiger partial charge in [0.25, 0.3) is 0 Å². The summed E-state index contributed by atoms with van der Waals surface area (Å²) in [5, 5.41) is 3.56. The second-order valence-electron chi connectivity index (χ2n) is 5.20. The van der Waals surface area contributed by atoms with Crippen molar-refractivity contribution in [1.82, 2.24) is 10.2 Å². The van der Waals surface area contributed by atoms with Gasteiger partial charge in [-0.3, -0.25) is 0 Å². The molecule has 0 aliphatic carbocycles. The zero-order valence-electron chi connectivity index (χ0n) is 12.0. The zero-order chi connectivity index (χ0) is 13.3. The van der Waals surface area contributed by atoms with Crippen LogP contribution in [0.4, 0.5) is 0 Å². The Balaban J connectivity index is 1.60. The molecule has 1 aliphatic heterocycles. The Labute approximate surface area is 116 Å². The lowest BCUT2D eigenvalue weighted by Crippen LogP contribution is -2.38. The van der Waals surface area contributed by atoms with Gasteiger partial charge in [-0.05, 0) is 44.5 Å². The smallest absolute Gasteiger partial charge is 0.119 e. The Kier molecular flexibility index (Phi) is 6.18. The third-order valence-corrected chi connectivity index (χ3v) is 3.72.